The van der Waals surface area contributed by atoms with Gasteiger partial charge in [-0.25, -0.2) is 0 Å². The van der Waals surface area contributed by atoms with Crippen molar-refractivity contribution in [1.82, 2.24) is 4.98 Å². The second-order valence-corrected chi connectivity index (χ2v) is 9.51. The van der Waals surface area contributed by atoms with Crippen LogP contribution in [0.3, 0.4) is 0 Å². The molecule has 2 aromatic heterocycles. The molecule has 0 fully saturated rings. The van der Waals surface area contributed by atoms with Gasteiger partial charge in [-0.3, -0.25) is 4.98 Å². The highest BCUT2D eigenvalue weighted by atomic mass is 16.3. The van der Waals surface area contributed by atoms with Gasteiger partial charge in [0.25, 0.3) is 0 Å². The highest BCUT2D eigenvalue weighted by Gasteiger charge is 2.21. The number of pyridine rings is 1. The molecule has 0 saturated heterocycles. The number of rotatable bonds is 2. The molecule has 0 N–H and O–H groups in total. The van der Waals surface area contributed by atoms with Gasteiger partial charge in [0.1, 0.15) is 11.2 Å². The minimum Gasteiger partial charge on any atom is -0.455 e. The third-order valence-electron chi connectivity index (χ3n) is 7.50. The average Bonchev–Trinajstić information content (AvgIpc) is 3.35. The normalized spacial score (nSPS) is 11.8. The SMILES string of the molecule is c1ccc(-c2c3ccccc3c(-c3cccc4c3oc3ccccc34)c3cnc4ccccc4c23)cc1. The summed E-state index contributed by atoms with van der Waals surface area (Å²) in [6.07, 6.45) is 2.05. The number of hydrogen-bond acceptors (Lipinski definition) is 2. The predicted octanol–water partition coefficient (Wildman–Crippen LogP) is 9.77. The lowest BCUT2D eigenvalue weighted by molar-refractivity contribution is 0.670. The Balaban J connectivity index is 1.64. The Bertz CT molecular complexity index is 2140. The molecule has 8 rings (SSSR count). The van der Waals surface area contributed by atoms with E-state index >= 15 is 0 Å². The third kappa shape index (κ3) is 2.90. The van der Waals surface area contributed by atoms with Crippen LogP contribution in [0.4, 0.5) is 0 Å². The highest BCUT2D eigenvalue weighted by molar-refractivity contribution is 6.28. The molecule has 0 bridgehead atoms. The molecule has 6 aromatic carbocycles. The van der Waals surface area contributed by atoms with Crippen LogP contribution in [0.1, 0.15) is 0 Å². The highest BCUT2D eigenvalue weighted by Crippen LogP contribution is 2.47. The third-order valence-corrected chi connectivity index (χ3v) is 7.50. The summed E-state index contributed by atoms with van der Waals surface area (Å²) >= 11 is 0. The van der Waals surface area contributed by atoms with E-state index in [4.69, 9.17) is 9.40 Å². The lowest BCUT2D eigenvalue weighted by atomic mass is 9.85. The van der Waals surface area contributed by atoms with E-state index in [0.717, 1.165) is 49.4 Å². The summed E-state index contributed by atoms with van der Waals surface area (Å²) in [5.74, 6) is 0. The van der Waals surface area contributed by atoms with Crippen LogP contribution in [0.2, 0.25) is 0 Å². The molecule has 0 unspecified atom stereocenters. The largest absolute Gasteiger partial charge is 0.455 e. The Morgan fingerprint density at radius 3 is 1.95 bits per heavy atom. The van der Waals surface area contributed by atoms with Crippen molar-refractivity contribution < 1.29 is 4.42 Å². The van der Waals surface area contributed by atoms with E-state index in [1.165, 1.54) is 27.3 Å². The first-order valence-corrected chi connectivity index (χ1v) is 12.6. The van der Waals surface area contributed by atoms with E-state index < -0.39 is 0 Å². The van der Waals surface area contributed by atoms with E-state index in [1.807, 2.05) is 18.3 Å². The van der Waals surface area contributed by atoms with E-state index in [-0.39, 0.29) is 0 Å². The fourth-order valence-corrected chi connectivity index (χ4v) is 5.94. The van der Waals surface area contributed by atoms with E-state index in [0.29, 0.717) is 0 Å². The van der Waals surface area contributed by atoms with Gasteiger partial charge in [0.15, 0.2) is 0 Å². The second-order valence-electron chi connectivity index (χ2n) is 9.51. The Labute approximate surface area is 213 Å². The molecule has 2 nitrogen and oxygen atoms in total. The van der Waals surface area contributed by atoms with Gasteiger partial charge in [-0.2, -0.15) is 0 Å². The van der Waals surface area contributed by atoms with E-state index in [9.17, 15) is 0 Å². The van der Waals surface area contributed by atoms with Crippen LogP contribution >= 0.6 is 0 Å². The topological polar surface area (TPSA) is 26.0 Å². The molecule has 37 heavy (non-hydrogen) atoms. The number of aromatic nitrogens is 1. The van der Waals surface area contributed by atoms with Crippen molar-refractivity contribution in [2.45, 2.75) is 0 Å². The lowest BCUT2D eigenvalue weighted by Crippen LogP contribution is -1.93. The second kappa shape index (κ2) is 7.78. The van der Waals surface area contributed by atoms with Gasteiger partial charge in [-0.1, -0.05) is 109 Å². The Kier molecular flexibility index (Phi) is 4.26. The predicted molar refractivity (Wildman–Crippen MR) is 155 cm³/mol. The van der Waals surface area contributed by atoms with Crippen LogP contribution in [0, 0.1) is 0 Å². The smallest absolute Gasteiger partial charge is 0.143 e. The van der Waals surface area contributed by atoms with Crippen LogP contribution < -0.4 is 0 Å². The monoisotopic (exact) mass is 471 g/mol. The van der Waals surface area contributed by atoms with Crippen LogP contribution in [-0.4, -0.2) is 4.98 Å². The summed E-state index contributed by atoms with van der Waals surface area (Å²) in [5, 5.41) is 8.19. The van der Waals surface area contributed by atoms with E-state index in [1.54, 1.807) is 0 Å². The van der Waals surface area contributed by atoms with Crippen molar-refractivity contribution in [2.75, 3.05) is 0 Å². The fraction of sp³-hybridized carbons (Fsp3) is 0. The summed E-state index contributed by atoms with van der Waals surface area (Å²) in [6, 6.07) is 42.6. The molecule has 2 heterocycles. The molecular weight excluding hydrogens is 450 g/mol. The van der Waals surface area contributed by atoms with Crippen LogP contribution in [0.5, 0.6) is 0 Å². The van der Waals surface area contributed by atoms with Crippen molar-refractivity contribution in [3.05, 3.63) is 128 Å². The van der Waals surface area contributed by atoms with Crippen LogP contribution in [0.15, 0.2) is 132 Å². The number of fused-ring (bicyclic) bond motifs is 7. The van der Waals surface area contributed by atoms with Crippen molar-refractivity contribution in [3.8, 4) is 22.3 Å². The van der Waals surface area contributed by atoms with Crippen LogP contribution in [-0.2, 0) is 0 Å². The first-order chi connectivity index (χ1) is 18.4. The fourth-order valence-electron chi connectivity index (χ4n) is 5.94. The maximum Gasteiger partial charge on any atom is 0.143 e. The molecule has 0 atom stereocenters. The van der Waals surface area contributed by atoms with Gasteiger partial charge in [0.2, 0.25) is 0 Å². The number of hydrogen-bond donors (Lipinski definition) is 0. The summed E-state index contributed by atoms with van der Waals surface area (Å²) in [4.78, 5) is 4.93. The van der Waals surface area contributed by atoms with Gasteiger partial charge in [0.05, 0.1) is 5.52 Å². The Hall–Kier alpha value is -4.95. The van der Waals surface area contributed by atoms with Gasteiger partial charge >= 0.3 is 0 Å². The first-order valence-electron chi connectivity index (χ1n) is 12.6. The molecule has 0 aliphatic carbocycles. The summed E-state index contributed by atoms with van der Waals surface area (Å²) < 4.78 is 6.52. The van der Waals surface area contributed by atoms with E-state index in [2.05, 4.69) is 109 Å². The molecule has 2 heteroatoms. The zero-order chi connectivity index (χ0) is 24.3. The standard InChI is InChI=1S/C35H21NO/c1-2-11-22(12-3-1)32-24-14-4-5-15-25(24)33(29-21-36-30-19-8-6-16-27(30)34(29)32)28-18-10-17-26-23-13-7-9-20-31(23)37-35(26)28/h1-21H. The molecular formula is C35H21NO. The Morgan fingerprint density at radius 1 is 0.459 bits per heavy atom. The summed E-state index contributed by atoms with van der Waals surface area (Å²) in [5.41, 5.74) is 7.51. The maximum atomic E-state index is 6.52. The molecule has 0 aliphatic rings. The van der Waals surface area contributed by atoms with Crippen molar-refractivity contribution in [3.63, 3.8) is 0 Å². The number of nitrogens with zero attached hydrogens (tertiary/aromatic N) is 1. The molecule has 8 aromatic rings. The lowest BCUT2D eigenvalue weighted by Gasteiger charge is -2.19. The van der Waals surface area contributed by atoms with Gasteiger partial charge in [-0.05, 0) is 34.0 Å². The molecule has 0 radical (unpaired) electrons. The number of benzene rings is 6. The number of furan rings is 1. The van der Waals surface area contributed by atoms with Crippen molar-refractivity contribution in [2.24, 2.45) is 0 Å². The first kappa shape index (κ1) is 20.3. The zero-order valence-electron chi connectivity index (χ0n) is 20.0. The van der Waals surface area contributed by atoms with Crippen molar-refractivity contribution >= 4 is 54.4 Å². The minimum absolute atomic E-state index is 0.906. The molecule has 0 amide bonds. The summed E-state index contributed by atoms with van der Waals surface area (Å²) in [7, 11) is 0. The molecule has 0 aliphatic heterocycles. The zero-order valence-corrected chi connectivity index (χ0v) is 20.0. The van der Waals surface area contributed by atoms with Crippen molar-refractivity contribution in [1.29, 1.82) is 0 Å². The molecule has 172 valence electrons. The average molecular weight is 472 g/mol. The maximum absolute atomic E-state index is 6.52. The van der Waals surface area contributed by atoms with Gasteiger partial charge < -0.3 is 4.42 Å². The summed E-state index contributed by atoms with van der Waals surface area (Å²) in [6.45, 7) is 0. The molecule has 0 spiro atoms. The Morgan fingerprint density at radius 2 is 1.11 bits per heavy atom. The number of para-hydroxylation sites is 3. The molecule has 0 saturated carbocycles. The van der Waals surface area contributed by atoms with Gasteiger partial charge in [0, 0.05) is 44.3 Å². The quantitative estimate of drug-likeness (QED) is 0.185. The van der Waals surface area contributed by atoms with Crippen LogP contribution in [0.25, 0.3) is 76.6 Å². The van der Waals surface area contributed by atoms with Gasteiger partial charge in [-0.15, -0.1) is 0 Å². The minimum atomic E-state index is 0.906.